The van der Waals surface area contributed by atoms with E-state index in [2.05, 4.69) is 4.18 Å². The number of alkyl halides is 3. The highest BCUT2D eigenvalue weighted by atomic mass is 32.2. The van der Waals surface area contributed by atoms with E-state index < -0.39 is 40.7 Å². The normalized spacial score (nSPS) is 13.5. The number of benzene rings is 1. The van der Waals surface area contributed by atoms with Gasteiger partial charge in [-0.05, 0) is 26.1 Å². The summed E-state index contributed by atoms with van der Waals surface area (Å²) in [7, 11) is -10.4. The molecule has 0 N–H and O–H groups in total. The molecule has 0 aliphatic heterocycles. The molecule has 0 fully saturated rings. The molecule has 0 saturated carbocycles. The van der Waals surface area contributed by atoms with Crippen LogP contribution in [-0.4, -0.2) is 14.8 Å². The van der Waals surface area contributed by atoms with Crippen LogP contribution >= 0.6 is 7.60 Å². The third-order valence-corrected chi connectivity index (χ3v) is 4.22. The molecule has 0 radical (unpaired) electrons. The molecule has 0 aromatic heterocycles. The van der Waals surface area contributed by atoms with Crippen molar-refractivity contribution in [1.29, 1.82) is 0 Å². The summed E-state index contributed by atoms with van der Waals surface area (Å²) in [6.07, 6.45) is -6.72. The van der Waals surface area contributed by atoms with E-state index in [0.29, 0.717) is 6.07 Å². The number of rotatable bonds is 4. The van der Waals surface area contributed by atoms with E-state index in [-0.39, 0.29) is 5.56 Å². The third-order valence-electron chi connectivity index (χ3n) is 2.13. The topological polar surface area (TPSA) is 107 Å². The molecule has 6 nitrogen and oxygen atoms in total. The monoisotopic (exact) mass is 332 g/mol. The van der Waals surface area contributed by atoms with Crippen LogP contribution in [0.5, 0.6) is 0 Å². The second kappa shape index (κ2) is 5.45. The van der Waals surface area contributed by atoms with Crippen LogP contribution in [0.15, 0.2) is 23.1 Å². The Balaban J connectivity index is 3.35. The van der Waals surface area contributed by atoms with Gasteiger partial charge in [-0.15, -0.1) is 0 Å². The Labute approximate surface area is 112 Å². The van der Waals surface area contributed by atoms with Gasteiger partial charge in [-0.25, -0.2) is 0 Å². The van der Waals surface area contributed by atoms with Gasteiger partial charge in [0.1, 0.15) is 4.90 Å². The molecule has 0 aliphatic carbocycles. The Bertz CT molecular complexity index is 648. The fourth-order valence-electron chi connectivity index (χ4n) is 1.40. The summed E-state index contributed by atoms with van der Waals surface area (Å²) < 4.78 is 75.7. The zero-order chi connectivity index (χ0) is 15.8. The first-order chi connectivity index (χ1) is 8.84. The Morgan fingerprint density at radius 2 is 1.85 bits per heavy atom. The Hall–Kier alpha value is -0.930. The van der Waals surface area contributed by atoms with Crippen LogP contribution < -0.4 is 9.79 Å². The molecule has 1 aromatic rings. The Morgan fingerprint density at radius 3 is 2.30 bits per heavy atom. The summed E-state index contributed by atoms with van der Waals surface area (Å²) in [5.41, 5.74) is -1.78. The predicted molar refractivity (Wildman–Crippen MR) is 56.9 cm³/mol. The van der Waals surface area contributed by atoms with Gasteiger partial charge in [0.05, 0.1) is 11.9 Å². The van der Waals surface area contributed by atoms with Crippen LogP contribution in [0, 0.1) is 6.92 Å². The second-order valence-corrected chi connectivity index (χ2v) is 6.79. The van der Waals surface area contributed by atoms with Crippen molar-refractivity contribution in [3.63, 3.8) is 0 Å². The van der Waals surface area contributed by atoms with Gasteiger partial charge >= 0.3 is 6.18 Å². The number of halogens is 3. The van der Waals surface area contributed by atoms with Gasteiger partial charge in [-0.2, -0.15) is 21.6 Å². The fourth-order valence-corrected chi connectivity index (χ4v) is 3.51. The number of aryl methyl sites for hydroxylation is 1. The summed E-state index contributed by atoms with van der Waals surface area (Å²) in [5.74, 6) is 0. The molecule has 0 spiro atoms. The van der Waals surface area contributed by atoms with Crippen LogP contribution in [0.25, 0.3) is 0 Å². The van der Waals surface area contributed by atoms with Crippen LogP contribution in [-0.2, 0) is 25.0 Å². The van der Waals surface area contributed by atoms with Gasteiger partial charge in [0.15, 0.2) is 0 Å². The van der Waals surface area contributed by atoms with Crippen molar-refractivity contribution < 1.29 is 40.1 Å². The lowest BCUT2D eigenvalue weighted by Crippen LogP contribution is -2.22. The van der Waals surface area contributed by atoms with E-state index in [0.717, 1.165) is 19.1 Å². The number of hydrogen-bond acceptors (Lipinski definition) is 6. The molecule has 0 aliphatic rings. The van der Waals surface area contributed by atoms with Gasteiger partial charge in [0.25, 0.3) is 10.1 Å². The summed E-state index contributed by atoms with van der Waals surface area (Å²) in [6.45, 7) is 1.08. The van der Waals surface area contributed by atoms with Gasteiger partial charge in [-0.3, -0.25) is 4.18 Å². The van der Waals surface area contributed by atoms with Crippen molar-refractivity contribution in [1.82, 2.24) is 0 Å². The van der Waals surface area contributed by atoms with E-state index in [1.54, 1.807) is 0 Å². The molecule has 0 saturated heterocycles. The minimum Gasteiger partial charge on any atom is -0.809 e. The highest BCUT2D eigenvalue weighted by Crippen LogP contribution is 2.37. The zero-order valence-corrected chi connectivity index (χ0v) is 11.6. The molecule has 1 aromatic carbocycles. The lowest BCUT2D eigenvalue weighted by atomic mass is 10.1. The average Bonchev–Trinajstić information content (AvgIpc) is 2.24. The maximum atomic E-state index is 12.7. The maximum absolute atomic E-state index is 12.7. The third kappa shape index (κ3) is 4.29. The summed E-state index contributed by atoms with van der Waals surface area (Å²) in [4.78, 5) is 19.5. The molecular formula is C9H8F3O6PS-2. The first-order valence-electron chi connectivity index (χ1n) is 4.92. The molecule has 0 heterocycles. The van der Waals surface area contributed by atoms with Crippen LogP contribution in [0.4, 0.5) is 13.2 Å². The minimum atomic E-state index is -5.34. The summed E-state index contributed by atoms with van der Waals surface area (Å²) in [6, 6.07) is 2.58. The molecule has 0 atom stereocenters. The van der Waals surface area contributed by atoms with Crippen molar-refractivity contribution in [2.24, 2.45) is 0 Å². The van der Waals surface area contributed by atoms with Crippen LogP contribution in [0.1, 0.15) is 11.1 Å². The van der Waals surface area contributed by atoms with Crippen molar-refractivity contribution in [2.45, 2.75) is 18.0 Å². The fraction of sp³-hybridized carbons (Fsp3) is 0.333. The molecule has 0 bridgehead atoms. The summed E-state index contributed by atoms with van der Waals surface area (Å²) in [5, 5.41) is 0. The largest absolute Gasteiger partial charge is 0.809 e. The van der Waals surface area contributed by atoms with E-state index in [9.17, 15) is 35.9 Å². The van der Waals surface area contributed by atoms with E-state index in [4.69, 9.17) is 0 Å². The average molecular weight is 332 g/mol. The smallest absolute Gasteiger partial charge is 0.417 e. The molecule has 114 valence electrons. The predicted octanol–water partition coefficient (Wildman–Crippen LogP) is 0.590. The molecule has 0 amide bonds. The summed E-state index contributed by atoms with van der Waals surface area (Å²) >= 11 is 0. The molecule has 1 rings (SSSR count). The Morgan fingerprint density at radius 1 is 1.30 bits per heavy atom. The van der Waals surface area contributed by atoms with Gasteiger partial charge < -0.3 is 14.4 Å². The van der Waals surface area contributed by atoms with Crippen molar-refractivity contribution in [2.75, 3.05) is 6.35 Å². The lowest BCUT2D eigenvalue weighted by Gasteiger charge is -2.28. The van der Waals surface area contributed by atoms with E-state index >= 15 is 0 Å². The van der Waals surface area contributed by atoms with Crippen LogP contribution in [0.2, 0.25) is 0 Å². The Kier molecular flexibility index (Phi) is 4.67. The van der Waals surface area contributed by atoms with Crippen molar-refractivity contribution >= 4 is 17.7 Å². The van der Waals surface area contributed by atoms with E-state index in [1.165, 1.54) is 0 Å². The van der Waals surface area contributed by atoms with Crippen LogP contribution in [0.3, 0.4) is 0 Å². The highest BCUT2D eigenvalue weighted by molar-refractivity contribution is 7.87. The lowest BCUT2D eigenvalue weighted by molar-refractivity contribution is -0.316. The van der Waals surface area contributed by atoms with Gasteiger partial charge in [-0.1, -0.05) is 12.1 Å². The van der Waals surface area contributed by atoms with Gasteiger partial charge in [0, 0.05) is 0 Å². The SMILES string of the molecule is Cc1cccc(C(F)(F)F)c1S(=O)(=O)OCP(=O)([O-])[O-]. The molecular weight excluding hydrogens is 324 g/mol. The first-order valence-corrected chi connectivity index (χ1v) is 8.05. The van der Waals surface area contributed by atoms with Gasteiger partial charge in [0.2, 0.25) is 0 Å². The highest BCUT2D eigenvalue weighted by Gasteiger charge is 2.38. The van der Waals surface area contributed by atoms with Crippen molar-refractivity contribution in [3.05, 3.63) is 29.3 Å². The first kappa shape index (κ1) is 17.1. The molecule has 0 unspecified atom stereocenters. The molecule has 11 heteroatoms. The second-order valence-electron chi connectivity index (χ2n) is 3.76. The number of hydrogen-bond donors (Lipinski definition) is 0. The molecule has 20 heavy (non-hydrogen) atoms. The zero-order valence-electron chi connectivity index (χ0n) is 9.88. The maximum Gasteiger partial charge on any atom is 0.417 e. The van der Waals surface area contributed by atoms with Crippen molar-refractivity contribution in [3.8, 4) is 0 Å². The standard InChI is InChI=1S/C9H10F3O6PS/c1-6-3-2-4-7(9(10,11)12)8(6)20(16,17)18-5-19(13,14)15/h2-4H,5H2,1H3,(H2,13,14,15)/p-2. The quantitative estimate of drug-likeness (QED) is 0.590. The van der Waals surface area contributed by atoms with E-state index in [1.807, 2.05) is 0 Å². The minimum absolute atomic E-state index is 0.286.